The number of rotatable bonds is 6. The summed E-state index contributed by atoms with van der Waals surface area (Å²) in [6, 6.07) is 19.2. The average molecular weight is 529 g/mol. The number of aromatic hydroxyl groups is 1. The lowest BCUT2D eigenvalue weighted by atomic mass is 9.86. The van der Waals surface area contributed by atoms with E-state index in [9.17, 15) is 14.7 Å². The second kappa shape index (κ2) is 10.9. The van der Waals surface area contributed by atoms with Gasteiger partial charge in [0.05, 0.1) is 28.9 Å². The Hall–Kier alpha value is -4.36. The molecular weight excluding hydrogens is 504 g/mol. The second-order valence-corrected chi connectivity index (χ2v) is 9.33. The molecular formula is C30H25ClN2O5. The van der Waals surface area contributed by atoms with Crippen LogP contribution in [0.4, 0.5) is 5.69 Å². The molecule has 0 radical (unpaired) electrons. The first-order valence-corrected chi connectivity index (χ1v) is 12.5. The van der Waals surface area contributed by atoms with Crippen molar-refractivity contribution in [3.05, 3.63) is 94.1 Å². The van der Waals surface area contributed by atoms with Crippen molar-refractivity contribution in [2.24, 2.45) is 0 Å². The molecule has 3 aromatic carbocycles. The highest BCUT2D eigenvalue weighted by atomic mass is 35.5. The second-order valence-electron chi connectivity index (χ2n) is 8.92. The van der Waals surface area contributed by atoms with E-state index in [-0.39, 0.29) is 5.75 Å². The number of para-hydroxylation sites is 1. The fourth-order valence-electron chi connectivity index (χ4n) is 4.62. The van der Waals surface area contributed by atoms with Crippen molar-refractivity contribution in [2.45, 2.75) is 19.3 Å². The summed E-state index contributed by atoms with van der Waals surface area (Å²) in [4.78, 5) is 30.9. The van der Waals surface area contributed by atoms with E-state index in [1.165, 1.54) is 7.11 Å². The monoisotopic (exact) mass is 528 g/mol. The van der Waals surface area contributed by atoms with E-state index < -0.39 is 18.5 Å². The Morgan fingerprint density at radius 3 is 2.63 bits per heavy atom. The predicted octanol–water partition coefficient (Wildman–Crippen LogP) is 6.27. The zero-order chi connectivity index (χ0) is 26.6. The predicted molar refractivity (Wildman–Crippen MR) is 148 cm³/mol. The van der Waals surface area contributed by atoms with E-state index in [2.05, 4.69) is 5.32 Å². The van der Waals surface area contributed by atoms with Gasteiger partial charge in [-0.3, -0.25) is 4.79 Å². The molecule has 8 heteroatoms. The number of nitrogens with zero attached hydrogens (tertiary/aromatic N) is 1. The number of anilines is 1. The number of carbonyl (C=O) groups excluding carboxylic acids is 2. The number of aromatic nitrogens is 1. The van der Waals surface area contributed by atoms with Crippen LogP contribution in [0.5, 0.6) is 11.5 Å². The number of nitrogens with one attached hydrogen (secondary N) is 1. The standard InChI is InChI=1S/C30H25ClN2O5/c1-37-26-14-11-20(16-24(26)31)32-27(35)17-38-30(36)28-22-6-2-3-8-25(22)33-29-19(5-4-7-23(28)29)15-18-9-12-21(34)13-10-18/h2-3,6,8-16,34H,4-5,7,17H2,1H3,(H,32,35)/b19-15+. The van der Waals surface area contributed by atoms with Gasteiger partial charge in [0.2, 0.25) is 0 Å². The number of benzene rings is 3. The van der Waals surface area contributed by atoms with Crippen LogP contribution in [0.1, 0.15) is 40.0 Å². The highest BCUT2D eigenvalue weighted by Gasteiger charge is 2.26. The first kappa shape index (κ1) is 25.3. The van der Waals surface area contributed by atoms with Gasteiger partial charge in [-0.15, -0.1) is 0 Å². The van der Waals surface area contributed by atoms with E-state index in [0.717, 1.165) is 35.2 Å². The molecule has 192 valence electrons. The van der Waals surface area contributed by atoms with E-state index in [0.29, 0.717) is 39.3 Å². The smallest absolute Gasteiger partial charge is 0.339 e. The number of amides is 1. The molecule has 0 aliphatic heterocycles. The van der Waals surface area contributed by atoms with E-state index in [1.807, 2.05) is 42.5 Å². The number of esters is 1. The molecule has 0 spiro atoms. The summed E-state index contributed by atoms with van der Waals surface area (Å²) in [6.07, 6.45) is 4.35. The van der Waals surface area contributed by atoms with Crippen molar-refractivity contribution in [2.75, 3.05) is 19.0 Å². The van der Waals surface area contributed by atoms with Crippen LogP contribution in [0.25, 0.3) is 22.6 Å². The topological polar surface area (TPSA) is 97.8 Å². The highest BCUT2D eigenvalue weighted by Crippen LogP contribution is 2.36. The molecule has 1 aromatic heterocycles. The molecule has 1 aliphatic carbocycles. The fraction of sp³-hybridized carbons (Fsp3) is 0.167. The van der Waals surface area contributed by atoms with Gasteiger partial charge in [-0.05, 0) is 78.4 Å². The average Bonchev–Trinajstić information content (AvgIpc) is 2.92. The molecule has 5 rings (SSSR count). The summed E-state index contributed by atoms with van der Waals surface area (Å²) >= 11 is 6.13. The van der Waals surface area contributed by atoms with Crippen molar-refractivity contribution in [1.82, 2.24) is 4.98 Å². The van der Waals surface area contributed by atoms with Gasteiger partial charge in [0.1, 0.15) is 11.5 Å². The van der Waals surface area contributed by atoms with Gasteiger partial charge in [0.25, 0.3) is 5.91 Å². The fourth-order valence-corrected chi connectivity index (χ4v) is 4.88. The van der Waals surface area contributed by atoms with Gasteiger partial charge in [-0.2, -0.15) is 0 Å². The molecule has 0 fully saturated rings. The number of ether oxygens (including phenoxy) is 2. The van der Waals surface area contributed by atoms with Crippen molar-refractivity contribution in [3.63, 3.8) is 0 Å². The molecule has 0 saturated carbocycles. The maximum absolute atomic E-state index is 13.4. The molecule has 4 aromatic rings. The molecule has 0 bridgehead atoms. The van der Waals surface area contributed by atoms with Gasteiger partial charge in [-0.25, -0.2) is 9.78 Å². The lowest BCUT2D eigenvalue weighted by molar-refractivity contribution is -0.119. The van der Waals surface area contributed by atoms with Gasteiger partial charge in [-0.1, -0.05) is 41.9 Å². The number of phenols is 1. The Kier molecular flexibility index (Phi) is 7.29. The first-order chi connectivity index (χ1) is 18.4. The van der Waals surface area contributed by atoms with Crippen molar-refractivity contribution in [1.29, 1.82) is 0 Å². The summed E-state index contributed by atoms with van der Waals surface area (Å²) in [6.45, 7) is -0.454. The number of pyridine rings is 1. The number of carbonyl (C=O) groups is 2. The minimum Gasteiger partial charge on any atom is -0.508 e. The summed E-state index contributed by atoms with van der Waals surface area (Å²) in [7, 11) is 1.51. The van der Waals surface area contributed by atoms with Gasteiger partial charge < -0.3 is 19.9 Å². The highest BCUT2D eigenvalue weighted by molar-refractivity contribution is 6.32. The molecule has 0 atom stereocenters. The van der Waals surface area contributed by atoms with Gasteiger partial charge in [0, 0.05) is 11.1 Å². The number of methoxy groups -OCH3 is 1. The molecule has 1 aliphatic rings. The third kappa shape index (κ3) is 5.33. The molecule has 0 saturated heterocycles. The number of allylic oxidation sites excluding steroid dienone is 1. The van der Waals surface area contributed by atoms with Crippen LogP contribution in [-0.2, 0) is 16.0 Å². The maximum atomic E-state index is 13.4. The Morgan fingerprint density at radius 2 is 1.87 bits per heavy atom. The van der Waals surface area contributed by atoms with Crippen LogP contribution < -0.4 is 10.1 Å². The normalized spacial score (nSPS) is 13.7. The van der Waals surface area contributed by atoms with E-state index in [1.54, 1.807) is 30.3 Å². The minimum absolute atomic E-state index is 0.199. The van der Waals surface area contributed by atoms with Crippen LogP contribution in [0.3, 0.4) is 0 Å². The van der Waals surface area contributed by atoms with Crippen LogP contribution in [-0.4, -0.2) is 35.7 Å². The van der Waals surface area contributed by atoms with Crippen molar-refractivity contribution in [3.8, 4) is 11.5 Å². The lowest BCUT2D eigenvalue weighted by Gasteiger charge is -2.22. The zero-order valence-electron chi connectivity index (χ0n) is 20.7. The molecule has 38 heavy (non-hydrogen) atoms. The molecule has 2 N–H and O–H groups in total. The SMILES string of the molecule is COc1ccc(NC(=O)COC(=O)c2c3c(nc4ccccc24)/C(=C/c2ccc(O)cc2)CCC3)cc1Cl. The minimum atomic E-state index is -0.575. The largest absolute Gasteiger partial charge is 0.508 e. The number of phenolic OH excluding ortho intramolecular Hbond substituents is 1. The molecule has 7 nitrogen and oxygen atoms in total. The maximum Gasteiger partial charge on any atom is 0.339 e. The van der Waals surface area contributed by atoms with Gasteiger partial charge >= 0.3 is 5.97 Å². The third-order valence-electron chi connectivity index (χ3n) is 6.38. The summed E-state index contributed by atoms with van der Waals surface area (Å²) in [5, 5.41) is 13.3. The number of hydrogen-bond donors (Lipinski definition) is 2. The Morgan fingerprint density at radius 1 is 1.08 bits per heavy atom. The Bertz CT molecular complexity index is 1560. The van der Waals surface area contributed by atoms with Crippen LogP contribution in [0.2, 0.25) is 5.02 Å². The quantitative estimate of drug-likeness (QED) is 0.286. The zero-order valence-corrected chi connectivity index (χ0v) is 21.4. The van der Waals surface area contributed by atoms with Crippen molar-refractivity contribution >= 4 is 51.7 Å². The van der Waals surface area contributed by atoms with Crippen molar-refractivity contribution < 1.29 is 24.2 Å². The number of hydrogen-bond acceptors (Lipinski definition) is 6. The van der Waals surface area contributed by atoms with E-state index >= 15 is 0 Å². The lowest BCUT2D eigenvalue weighted by Crippen LogP contribution is -2.22. The first-order valence-electron chi connectivity index (χ1n) is 12.1. The Balaban J connectivity index is 1.42. The molecule has 0 unspecified atom stereocenters. The molecule has 1 amide bonds. The van der Waals surface area contributed by atoms with Crippen LogP contribution >= 0.6 is 11.6 Å². The third-order valence-corrected chi connectivity index (χ3v) is 6.67. The Labute approximate surface area is 224 Å². The summed E-state index contributed by atoms with van der Waals surface area (Å²) in [5.41, 5.74) is 5.08. The van der Waals surface area contributed by atoms with Gasteiger partial charge in [0.15, 0.2) is 6.61 Å². The number of halogens is 1. The van der Waals surface area contributed by atoms with Crippen LogP contribution in [0.15, 0.2) is 66.7 Å². The van der Waals surface area contributed by atoms with Crippen LogP contribution in [0, 0.1) is 0 Å². The van der Waals surface area contributed by atoms with E-state index in [4.69, 9.17) is 26.1 Å². The summed E-state index contributed by atoms with van der Waals surface area (Å²) < 4.78 is 10.6. The number of fused-ring (bicyclic) bond motifs is 2. The summed E-state index contributed by atoms with van der Waals surface area (Å²) in [5.74, 6) is -0.373. The molecule has 1 heterocycles.